The van der Waals surface area contributed by atoms with Crippen LogP contribution in [0.25, 0.3) is 5.57 Å². The summed E-state index contributed by atoms with van der Waals surface area (Å²) in [5.41, 5.74) is 4.18. The highest BCUT2D eigenvalue weighted by Crippen LogP contribution is 2.46. The first-order chi connectivity index (χ1) is 18.9. The fourth-order valence-electron chi connectivity index (χ4n) is 5.62. The van der Waals surface area contributed by atoms with Gasteiger partial charge in [-0.15, -0.1) is 0 Å². The summed E-state index contributed by atoms with van der Waals surface area (Å²) < 4.78 is 39.4. The Bertz CT molecular complexity index is 1330. The number of benzene rings is 2. The zero-order chi connectivity index (χ0) is 29.0. The number of ether oxygens (including phenoxy) is 2. The average molecular weight is 553 g/mol. The van der Waals surface area contributed by atoms with E-state index >= 15 is 0 Å². The molecule has 0 aromatic heterocycles. The highest BCUT2D eigenvalue weighted by Gasteiger charge is 2.35. The molecule has 1 unspecified atom stereocenters. The molecule has 0 radical (unpaired) electrons. The topological polar surface area (TPSA) is 72.8 Å². The summed E-state index contributed by atoms with van der Waals surface area (Å²) >= 11 is 0. The number of cyclic esters (lactones) is 1. The quantitative estimate of drug-likeness (QED) is 0.210. The van der Waals surface area contributed by atoms with E-state index in [-0.39, 0.29) is 35.4 Å². The van der Waals surface area contributed by atoms with Crippen LogP contribution >= 0.6 is 0 Å². The van der Waals surface area contributed by atoms with E-state index in [1.165, 1.54) is 18.2 Å². The molecule has 4 rings (SSSR count). The van der Waals surface area contributed by atoms with Crippen LogP contribution in [0.15, 0.2) is 54.1 Å². The van der Waals surface area contributed by atoms with Crippen molar-refractivity contribution in [1.29, 1.82) is 0 Å². The Balaban J connectivity index is 1.49. The Morgan fingerprint density at radius 1 is 1.10 bits per heavy atom. The molecule has 214 valence electrons. The highest BCUT2D eigenvalue weighted by molar-refractivity contribution is 5.96. The number of aliphatic hydroxyl groups is 1. The van der Waals surface area contributed by atoms with Crippen LogP contribution in [0.3, 0.4) is 0 Å². The zero-order valence-electron chi connectivity index (χ0n) is 23.6. The van der Waals surface area contributed by atoms with E-state index in [1.54, 1.807) is 26.0 Å². The molecule has 2 aromatic rings. The van der Waals surface area contributed by atoms with E-state index in [0.717, 1.165) is 23.1 Å². The summed E-state index contributed by atoms with van der Waals surface area (Å²) in [5, 5.41) is 10.0. The number of carbonyl (C=O) groups is 2. The van der Waals surface area contributed by atoms with Gasteiger partial charge in [0.2, 0.25) is 0 Å². The summed E-state index contributed by atoms with van der Waals surface area (Å²) in [7, 11) is 0. The number of Topliss-reactive ketones (excluding diaryl/α,β-unsaturated/α-hetero) is 1. The molecular weight excluding hydrogens is 514 g/mol. The molecule has 0 bridgehead atoms. The molecule has 0 saturated carbocycles. The molecule has 7 heteroatoms. The predicted molar refractivity (Wildman–Crippen MR) is 150 cm³/mol. The standard InChI is InChI=1S/C33H38F2O5/c1-20-14-22(7-11-29(20)34)27-18-26(39-13-5-6-31(37)23-8-12-30(35)21(2)15-23)19-33(3,4)28(27)10-9-25-16-24(36)17-32(38)40-25/h7-12,14-15,24-26,36H,5-6,13,16-19H2,1-4H3/t24-,25-,26?/m1/s1. The van der Waals surface area contributed by atoms with Gasteiger partial charge in [0.1, 0.15) is 17.7 Å². The molecule has 5 nitrogen and oxygen atoms in total. The lowest BCUT2D eigenvalue weighted by atomic mass is 9.69. The van der Waals surface area contributed by atoms with Crippen molar-refractivity contribution in [1.82, 2.24) is 0 Å². The molecule has 1 aliphatic carbocycles. The maximum Gasteiger partial charge on any atom is 0.309 e. The second-order valence-corrected chi connectivity index (χ2v) is 11.6. The SMILES string of the molecule is Cc1cc(C(=O)CCCOC2CC(c3ccc(F)c(C)c3)=C(C=C[C@@H]3C[C@@H](O)CC(=O)O3)C(C)(C)C2)ccc1F. The van der Waals surface area contributed by atoms with Crippen molar-refractivity contribution in [2.24, 2.45) is 5.41 Å². The molecule has 3 atom stereocenters. The van der Waals surface area contributed by atoms with Gasteiger partial charge >= 0.3 is 5.97 Å². The van der Waals surface area contributed by atoms with Gasteiger partial charge in [0.15, 0.2) is 5.78 Å². The van der Waals surface area contributed by atoms with Crippen LogP contribution in [-0.4, -0.2) is 41.8 Å². The summed E-state index contributed by atoms with van der Waals surface area (Å²) in [4.78, 5) is 24.4. The predicted octanol–water partition coefficient (Wildman–Crippen LogP) is 6.83. The fourth-order valence-corrected chi connectivity index (χ4v) is 5.62. The van der Waals surface area contributed by atoms with Crippen LogP contribution < -0.4 is 0 Å². The Kier molecular flexibility index (Phi) is 9.37. The van der Waals surface area contributed by atoms with Crippen molar-refractivity contribution in [3.8, 4) is 0 Å². The van der Waals surface area contributed by atoms with Gasteiger partial charge in [-0.25, -0.2) is 8.78 Å². The van der Waals surface area contributed by atoms with Crippen molar-refractivity contribution >= 4 is 17.3 Å². The molecule has 1 heterocycles. The van der Waals surface area contributed by atoms with Gasteiger partial charge in [-0.1, -0.05) is 26.0 Å². The monoisotopic (exact) mass is 552 g/mol. The van der Waals surface area contributed by atoms with E-state index in [9.17, 15) is 23.5 Å². The van der Waals surface area contributed by atoms with Crippen molar-refractivity contribution < 1.29 is 33.0 Å². The fraction of sp³-hybridized carbons (Fsp3) is 0.455. The number of esters is 1. The Labute approximate surface area is 234 Å². The minimum Gasteiger partial charge on any atom is -0.458 e. The first-order valence-electron chi connectivity index (χ1n) is 13.9. The van der Waals surface area contributed by atoms with Crippen molar-refractivity contribution in [2.75, 3.05) is 6.61 Å². The largest absolute Gasteiger partial charge is 0.458 e. The molecule has 1 N–H and O–H groups in total. The number of aryl methyl sites for hydroxylation is 2. The molecule has 1 saturated heterocycles. The average Bonchev–Trinajstić information content (AvgIpc) is 2.88. The van der Waals surface area contributed by atoms with Gasteiger partial charge in [0.05, 0.1) is 18.6 Å². The number of rotatable bonds is 9. The van der Waals surface area contributed by atoms with E-state index in [1.807, 2.05) is 18.2 Å². The number of hydrogen-bond donors (Lipinski definition) is 1. The van der Waals surface area contributed by atoms with Crippen LogP contribution in [0.2, 0.25) is 0 Å². The minimum atomic E-state index is -0.722. The molecule has 0 spiro atoms. The number of hydrogen-bond acceptors (Lipinski definition) is 5. The summed E-state index contributed by atoms with van der Waals surface area (Å²) in [6.07, 6.45) is 5.01. The maximum atomic E-state index is 14.1. The van der Waals surface area contributed by atoms with Crippen molar-refractivity contribution in [3.05, 3.63) is 88.0 Å². The molecule has 0 amide bonds. The first-order valence-corrected chi connectivity index (χ1v) is 13.9. The summed E-state index contributed by atoms with van der Waals surface area (Å²) in [6, 6.07) is 9.50. The van der Waals surface area contributed by atoms with Crippen molar-refractivity contribution in [3.63, 3.8) is 0 Å². The van der Waals surface area contributed by atoms with Crippen LogP contribution in [0.5, 0.6) is 0 Å². The van der Waals surface area contributed by atoms with Gasteiger partial charge in [0, 0.05) is 25.0 Å². The van der Waals surface area contributed by atoms with Gasteiger partial charge in [-0.3, -0.25) is 9.59 Å². The Morgan fingerprint density at radius 2 is 1.80 bits per heavy atom. The van der Waals surface area contributed by atoms with Crippen LogP contribution in [-0.2, 0) is 14.3 Å². The smallest absolute Gasteiger partial charge is 0.309 e. The van der Waals surface area contributed by atoms with Gasteiger partial charge < -0.3 is 14.6 Å². The molecular formula is C33H38F2O5. The van der Waals surface area contributed by atoms with E-state index < -0.39 is 18.2 Å². The normalized spacial score (nSPS) is 23.0. The lowest BCUT2D eigenvalue weighted by Gasteiger charge is -2.39. The Morgan fingerprint density at radius 3 is 2.48 bits per heavy atom. The number of allylic oxidation sites excluding steroid dienone is 2. The highest BCUT2D eigenvalue weighted by atomic mass is 19.1. The molecule has 2 aromatic carbocycles. The Hall–Kier alpha value is -3.16. The van der Waals surface area contributed by atoms with Crippen LogP contribution in [0.1, 0.15) is 79.4 Å². The first kappa shape index (κ1) is 29.8. The summed E-state index contributed by atoms with van der Waals surface area (Å²) in [6.45, 7) is 8.03. The van der Waals surface area contributed by atoms with E-state index in [4.69, 9.17) is 9.47 Å². The summed E-state index contributed by atoms with van der Waals surface area (Å²) in [5.74, 6) is -1.06. The van der Waals surface area contributed by atoms with Crippen molar-refractivity contribution in [2.45, 2.75) is 84.5 Å². The second-order valence-electron chi connectivity index (χ2n) is 11.6. The third kappa shape index (κ3) is 7.32. The number of carbonyl (C=O) groups excluding carboxylic acids is 2. The van der Waals surface area contributed by atoms with Crippen LogP contribution in [0.4, 0.5) is 8.78 Å². The van der Waals surface area contributed by atoms with Gasteiger partial charge in [-0.2, -0.15) is 0 Å². The molecule has 40 heavy (non-hydrogen) atoms. The number of halogens is 2. The zero-order valence-corrected chi connectivity index (χ0v) is 23.6. The van der Waals surface area contributed by atoms with E-state index in [0.29, 0.717) is 49.0 Å². The third-order valence-electron chi connectivity index (χ3n) is 7.78. The number of ketones is 1. The maximum absolute atomic E-state index is 14.1. The van der Waals surface area contributed by atoms with E-state index in [2.05, 4.69) is 13.8 Å². The lowest BCUT2D eigenvalue weighted by molar-refractivity contribution is -0.156. The van der Waals surface area contributed by atoms with Gasteiger partial charge in [-0.05, 0) is 103 Å². The second kappa shape index (κ2) is 12.6. The molecule has 2 aliphatic rings. The lowest BCUT2D eigenvalue weighted by Crippen LogP contribution is -2.32. The molecule has 1 fully saturated rings. The molecule has 1 aliphatic heterocycles. The van der Waals surface area contributed by atoms with Crippen LogP contribution in [0, 0.1) is 30.9 Å². The van der Waals surface area contributed by atoms with Gasteiger partial charge in [0.25, 0.3) is 0 Å². The number of aliphatic hydroxyl groups excluding tert-OH is 1. The minimum absolute atomic E-state index is 0.00674. The third-order valence-corrected chi connectivity index (χ3v) is 7.78.